The van der Waals surface area contributed by atoms with Crippen molar-refractivity contribution in [3.8, 4) is 5.75 Å². The summed E-state index contributed by atoms with van der Waals surface area (Å²) in [6.45, 7) is 7.58. The molecule has 0 bridgehead atoms. The van der Waals surface area contributed by atoms with Crippen LogP contribution in [0.4, 0.5) is 11.4 Å². The first-order valence-corrected chi connectivity index (χ1v) is 24.8. The highest BCUT2D eigenvalue weighted by Crippen LogP contribution is 2.60. The molecule has 0 aliphatic carbocycles. The quantitative estimate of drug-likeness (QED) is 0.0495. The van der Waals surface area contributed by atoms with Crippen molar-refractivity contribution in [2.24, 2.45) is 5.92 Å². The molecule has 0 radical (unpaired) electrons. The summed E-state index contributed by atoms with van der Waals surface area (Å²) in [7, 11) is 0.561. The number of aromatic amines is 1. The number of amides is 2. The van der Waals surface area contributed by atoms with Gasteiger partial charge in [0, 0.05) is 60.0 Å². The number of para-hydroxylation sites is 1. The molecule has 2 aliphatic heterocycles. The Kier molecular flexibility index (Phi) is 12.7. The molecule has 3 N–H and O–H groups in total. The van der Waals surface area contributed by atoms with Crippen LogP contribution < -0.4 is 20.1 Å². The van der Waals surface area contributed by atoms with Gasteiger partial charge in [-0.25, -0.2) is 0 Å². The van der Waals surface area contributed by atoms with Crippen LogP contribution in [-0.2, 0) is 42.4 Å². The molecule has 6 aromatic rings. The minimum absolute atomic E-state index is 0.0420. The first-order chi connectivity index (χ1) is 30.5. The van der Waals surface area contributed by atoms with Crippen molar-refractivity contribution in [2.75, 3.05) is 37.6 Å². The van der Waals surface area contributed by atoms with E-state index in [2.05, 4.69) is 52.8 Å². The number of nitrogens with one attached hydrogen (secondary N) is 2. The predicted octanol–water partition coefficient (Wildman–Crippen LogP) is 7.07. The Morgan fingerprint density at radius 1 is 0.984 bits per heavy atom. The second-order valence-corrected chi connectivity index (χ2v) is 22.0. The number of carbonyl (C=O) groups is 3. The smallest absolute Gasteiger partial charge is 0.305 e. The van der Waals surface area contributed by atoms with Gasteiger partial charge in [0.25, 0.3) is 5.91 Å². The summed E-state index contributed by atoms with van der Waals surface area (Å²) in [5.41, 5.74) is 4.12. The maximum absolute atomic E-state index is 15.4. The van der Waals surface area contributed by atoms with Crippen molar-refractivity contribution in [3.63, 3.8) is 0 Å². The number of esters is 1. The molecule has 2 amide bonds. The second kappa shape index (κ2) is 18.3. The number of nitrogens with zero attached hydrogens (tertiary/aromatic N) is 4. The van der Waals surface area contributed by atoms with Crippen molar-refractivity contribution < 1.29 is 33.7 Å². The third-order valence-corrected chi connectivity index (χ3v) is 17.7. The van der Waals surface area contributed by atoms with Crippen LogP contribution in [0.2, 0.25) is 18.6 Å². The number of aliphatic hydroxyl groups excluding tert-OH is 1. The molecule has 14 heteroatoms. The molecule has 1 fully saturated rings. The Morgan fingerprint density at radius 3 is 2.49 bits per heavy atom. The van der Waals surface area contributed by atoms with Gasteiger partial charge < -0.3 is 34.5 Å². The fraction of sp³-hybridized carbons (Fsp3) is 0.367. The molecule has 5 atom stereocenters. The Morgan fingerprint density at radius 2 is 1.75 bits per heavy atom. The molecule has 328 valence electrons. The molecule has 63 heavy (non-hydrogen) atoms. The number of unbranched alkanes of at least 4 members (excludes halogenated alkanes) is 1. The van der Waals surface area contributed by atoms with Gasteiger partial charge in [0.15, 0.2) is 5.60 Å². The number of rotatable bonds is 17. The van der Waals surface area contributed by atoms with Gasteiger partial charge in [-0.1, -0.05) is 91.1 Å². The van der Waals surface area contributed by atoms with E-state index in [-0.39, 0.29) is 60.7 Å². The number of methoxy groups -OCH3 is 2. The van der Waals surface area contributed by atoms with Crippen molar-refractivity contribution in [1.29, 1.82) is 0 Å². The molecular formula is C49H56N6O7Si. The summed E-state index contributed by atoms with van der Waals surface area (Å²) in [6.07, 6.45) is 5.51. The van der Waals surface area contributed by atoms with Crippen molar-refractivity contribution in [1.82, 2.24) is 20.0 Å². The number of benzene rings is 4. The third kappa shape index (κ3) is 8.42. The number of ether oxygens (including phenoxy) is 3. The fourth-order valence-electron chi connectivity index (χ4n) is 10.1. The number of hydrogen-bond acceptors (Lipinski definition) is 9. The lowest BCUT2D eigenvalue weighted by Gasteiger charge is -2.37. The van der Waals surface area contributed by atoms with Crippen molar-refractivity contribution >= 4 is 53.3 Å². The number of aliphatic hydroxyl groups is 1. The van der Waals surface area contributed by atoms with Crippen LogP contribution in [0.5, 0.6) is 5.75 Å². The Labute approximate surface area is 368 Å². The van der Waals surface area contributed by atoms with E-state index in [0.717, 1.165) is 39.0 Å². The number of fused-ring (bicyclic) bond motifs is 3. The molecule has 1 unspecified atom stereocenters. The molecule has 4 heterocycles. The van der Waals surface area contributed by atoms with Gasteiger partial charge in [-0.15, -0.1) is 5.10 Å². The molecule has 2 aliphatic rings. The summed E-state index contributed by atoms with van der Waals surface area (Å²) in [5, 5.41) is 24.7. The molecule has 0 saturated carbocycles. The lowest BCUT2D eigenvalue weighted by molar-refractivity contribution is -0.146. The van der Waals surface area contributed by atoms with Crippen LogP contribution >= 0.6 is 0 Å². The van der Waals surface area contributed by atoms with Crippen molar-refractivity contribution in [2.45, 2.75) is 81.8 Å². The number of hydrogen-bond donors (Lipinski definition) is 3. The largest absolute Gasteiger partial charge is 0.497 e. The Bertz CT molecular complexity index is 2580. The number of aryl methyl sites for hydroxylation is 1. The van der Waals surface area contributed by atoms with Gasteiger partial charge in [-0.3, -0.25) is 19.1 Å². The summed E-state index contributed by atoms with van der Waals surface area (Å²) >= 11 is 0. The SMILES string of the molecule is COC(=O)CCCCN1C(=O)[C@@]2(O[C@@H](CCn3cc(C(CO)c4ccccc4)nn3)[C@H]([Si](C)(C)c3ccc(OC)cc3)[C@H]2C)c2cc(NC(=O)Cc3c[nH]c4ccccc34)ccc21. The lowest BCUT2D eigenvalue weighted by Crippen LogP contribution is -2.52. The van der Waals surface area contributed by atoms with Crippen LogP contribution in [0.1, 0.15) is 60.9 Å². The minimum atomic E-state index is -2.48. The van der Waals surface area contributed by atoms with Gasteiger partial charge in [0.2, 0.25) is 5.91 Å². The topological polar surface area (TPSA) is 161 Å². The zero-order valence-electron chi connectivity index (χ0n) is 36.5. The standard InChI is InChI=1S/C49H56N6O7Si/c1-32-47(63(4,5)37-21-19-36(60-2)20-22-37)44(24-26-54-30-42(52-53-54)39(31-56)33-13-7-6-8-14-33)62-49(32)40-28-35(51-45(57)27-34-29-50-41-16-10-9-15-38(34)41)18-23-43(40)55(48(49)59)25-12-11-17-46(58)61-3/h6-10,13-16,18-23,28-30,32,39,44,47,50,56H,11-12,17,24-27,31H2,1-5H3,(H,51,57)/t32-,39?,44+,47-,49+/m1/s1. The zero-order chi connectivity index (χ0) is 44.3. The molecule has 1 saturated heterocycles. The average molecular weight is 869 g/mol. The third-order valence-electron chi connectivity index (χ3n) is 13.3. The Hall–Kier alpha value is -6.09. The first kappa shape index (κ1) is 43.6. The fourth-order valence-corrected chi connectivity index (χ4v) is 14.1. The molecule has 1 spiro atoms. The van der Waals surface area contributed by atoms with Crippen molar-refractivity contribution in [3.05, 3.63) is 132 Å². The summed E-state index contributed by atoms with van der Waals surface area (Å²) < 4.78 is 19.6. The van der Waals surface area contributed by atoms with Crippen LogP contribution in [-0.4, -0.2) is 84.4 Å². The van der Waals surface area contributed by atoms with Crippen LogP contribution in [0.3, 0.4) is 0 Å². The van der Waals surface area contributed by atoms with E-state index >= 15 is 4.79 Å². The summed E-state index contributed by atoms with van der Waals surface area (Å²) in [6, 6.07) is 31.6. The maximum Gasteiger partial charge on any atom is 0.305 e. The number of carbonyl (C=O) groups excluding carboxylic acids is 3. The minimum Gasteiger partial charge on any atom is -0.497 e. The zero-order valence-corrected chi connectivity index (χ0v) is 37.5. The molecule has 13 nitrogen and oxygen atoms in total. The number of anilines is 2. The molecule has 8 rings (SSSR count). The monoisotopic (exact) mass is 868 g/mol. The van der Waals surface area contributed by atoms with E-state index in [1.54, 1.807) is 11.8 Å². The molecule has 2 aromatic heterocycles. The summed E-state index contributed by atoms with van der Waals surface area (Å²) in [5.74, 6) is -0.434. The maximum atomic E-state index is 15.4. The van der Waals surface area contributed by atoms with E-state index < -0.39 is 13.7 Å². The highest BCUT2D eigenvalue weighted by atomic mass is 28.3. The Balaban J connectivity index is 1.14. The molecular weight excluding hydrogens is 813 g/mol. The van der Waals surface area contributed by atoms with E-state index in [4.69, 9.17) is 14.2 Å². The second-order valence-electron chi connectivity index (χ2n) is 17.3. The van der Waals surface area contributed by atoms with Gasteiger partial charge in [0.1, 0.15) is 5.75 Å². The lowest BCUT2D eigenvalue weighted by atomic mass is 9.82. The first-order valence-electron chi connectivity index (χ1n) is 21.7. The van der Waals surface area contributed by atoms with E-state index in [0.29, 0.717) is 43.7 Å². The normalized spacial score (nSPS) is 20.0. The van der Waals surface area contributed by atoms with E-state index in [1.165, 1.54) is 12.3 Å². The highest BCUT2D eigenvalue weighted by molar-refractivity contribution is 6.91. The molecule has 4 aromatic carbocycles. The van der Waals surface area contributed by atoms with Crippen LogP contribution in [0.25, 0.3) is 10.9 Å². The van der Waals surface area contributed by atoms with Gasteiger partial charge in [-0.05, 0) is 72.3 Å². The number of H-pyrrole nitrogens is 1. The van der Waals surface area contributed by atoms with E-state index in [9.17, 15) is 14.7 Å². The van der Waals surface area contributed by atoms with Gasteiger partial charge in [0.05, 0.1) is 58.7 Å². The van der Waals surface area contributed by atoms with Crippen LogP contribution in [0, 0.1) is 5.92 Å². The number of aromatic nitrogens is 4. The highest BCUT2D eigenvalue weighted by Gasteiger charge is 2.66. The van der Waals surface area contributed by atoms with Gasteiger partial charge in [-0.2, -0.15) is 0 Å². The summed E-state index contributed by atoms with van der Waals surface area (Å²) in [4.78, 5) is 46.1. The van der Waals surface area contributed by atoms with E-state index in [1.807, 2.05) is 102 Å². The van der Waals surface area contributed by atoms with Gasteiger partial charge >= 0.3 is 5.97 Å². The van der Waals surface area contributed by atoms with Crippen LogP contribution in [0.15, 0.2) is 109 Å². The average Bonchev–Trinajstić information content (AvgIpc) is 4.06. The predicted molar refractivity (Wildman–Crippen MR) is 245 cm³/mol.